The molecule has 1 unspecified atom stereocenters. The smallest absolute Gasteiger partial charge is 0.449 e. The van der Waals surface area contributed by atoms with E-state index in [1.807, 2.05) is 0 Å². The summed E-state index contributed by atoms with van der Waals surface area (Å²) in [6.07, 6.45) is -14.1. The largest absolute Gasteiger partial charge is 0.463 e. The first-order valence-electron chi connectivity index (χ1n) is 12.4. The van der Waals surface area contributed by atoms with Crippen molar-refractivity contribution in [3.63, 3.8) is 0 Å². The molecule has 226 valence electrons. The van der Waals surface area contributed by atoms with E-state index in [2.05, 4.69) is 0 Å². The molecule has 42 heavy (non-hydrogen) atoms. The molecule has 14 heteroatoms. The van der Waals surface area contributed by atoms with Gasteiger partial charge in [0.25, 0.3) is 0 Å². The first-order chi connectivity index (χ1) is 19.6. The number of alkyl halides is 3. The number of ketones is 1. The van der Waals surface area contributed by atoms with Crippen molar-refractivity contribution in [3.05, 3.63) is 59.9 Å². The summed E-state index contributed by atoms with van der Waals surface area (Å²) in [4.78, 5) is 60.0. The molecule has 3 rings (SSSR count). The number of allylic oxidation sites excluding steroid dienone is 2. The highest BCUT2D eigenvalue weighted by Crippen LogP contribution is 2.35. The van der Waals surface area contributed by atoms with Gasteiger partial charge in [-0.2, -0.15) is 13.2 Å². The Morgan fingerprint density at radius 2 is 1.33 bits per heavy atom. The summed E-state index contributed by atoms with van der Waals surface area (Å²) >= 11 is 0. The normalized spacial score (nSPS) is 22.5. The van der Waals surface area contributed by atoms with Gasteiger partial charge in [-0.25, -0.2) is 0 Å². The molecule has 2 aromatic carbocycles. The molecule has 0 spiro atoms. The van der Waals surface area contributed by atoms with Crippen molar-refractivity contribution >= 4 is 40.4 Å². The van der Waals surface area contributed by atoms with E-state index < -0.39 is 78.9 Å². The van der Waals surface area contributed by atoms with E-state index in [0.717, 1.165) is 33.1 Å². The number of benzene rings is 2. The number of esters is 4. The summed E-state index contributed by atoms with van der Waals surface area (Å²) in [5, 5.41) is 1.36. The molecule has 1 aliphatic rings. The van der Waals surface area contributed by atoms with Gasteiger partial charge in [0.1, 0.15) is 12.7 Å². The number of halogens is 3. The second-order valence-corrected chi connectivity index (χ2v) is 9.12. The van der Waals surface area contributed by atoms with Crippen molar-refractivity contribution in [3.8, 4) is 0 Å². The molecule has 0 amide bonds. The molecule has 0 radical (unpaired) electrons. The van der Waals surface area contributed by atoms with Crippen molar-refractivity contribution in [2.75, 3.05) is 6.61 Å². The van der Waals surface area contributed by atoms with Gasteiger partial charge < -0.3 is 28.4 Å². The van der Waals surface area contributed by atoms with E-state index >= 15 is 0 Å². The predicted molar refractivity (Wildman–Crippen MR) is 135 cm³/mol. The van der Waals surface area contributed by atoms with E-state index in [0.29, 0.717) is 5.39 Å². The minimum Gasteiger partial charge on any atom is -0.463 e. The van der Waals surface area contributed by atoms with Crippen molar-refractivity contribution in [1.82, 2.24) is 0 Å². The van der Waals surface area contributed by atoms with Crippen LogP contribution < -0.4 is 0 Å². The molecule has 11 nitrogen and oxygen atoms in total. The third-order valence-electron chi connectivity index (χ3n) is 5.77. The number of carbonyl (C=O) groups excluding carboxylic acids is 5. The topological polar surface area (TPSA) is 141 Å². The van der Waals surface area contributed by atoms with Gasteiger partial charge in [-0.15, -0.1) is 0 Å². The van der Waals surface area contributed by atoms with Gasteiger partial charge in [-0.1, -0.05) is 36.4 Å². The Kier molecular flexibility index (Phi) is 10.3. The molecule has 0 aromatic heterocycles. The van der Waals surface area contributed by atoms with Crippen LogP contribution in [0.25, 0.3) is 10.8 Å². The lowest BCUT2D eigenvalue weighted by molar-refractivity contribution is -0.308. The maximum absolute atomic E-state index is 14.2. The predicted octanol–water partition coefficient (Wildman–Crippen LogP) is 3.57. The Morgan fingerprint density at radius 3 is 1.90 bits per heavy atom. The summed E-state index contributed by atoms with van der Waals surface area (Å²) < 4.78 is 73.5. The zero-order valence-corrected chi connectivity index (χ0v) is 22.8. The lowest BCUT2D eigenvalue weighted by Gasteiger charge is -2.44. The monoisotopic (exact) mass is 596 g/mol. The van der Waals surface area contributed by atoms with Crippen molar-refractivity contribution < 1.29 is 65.6 Å². The molecule has 2 aromatic rings. The Hall–Kier alpha value is -4.46. The average molecular weight is 597 g/mol. The van der Waals surface area contributed by atoms with Crippen LogP contribution >= 0.6 is 0 Å². The Balaban J connectivity index is 2.05. The minimum absolute atomic E-state index is 0.0828. The summed E-state index contributed by atoms with van der Waals surface area (Å²) in [5.41, 5.74) is -0.0828. The van der Waals surface area contributed by atoms with Gasteiger partial charge in [0.05, 0.1) is 0 Å². The molecule has 1 heterocycles. The molecule has 1 fully saturated rings. The maximum Gasteiger partial charge on any atom is 0.449 e. The van der Waals surface area contributed by atoms with Gasteiger partial charge in [0.15, 0.2) is 18.0 Å². The van der Waals surface area contributed by atoms with Crippen molar-refractivity contribution in [2.45, 2.75) is 64.6 Å². The van der Waals surface area contributed by atoms with E-state index in [4.69, 9.17) is 28.4 Å². The lowest BCUT2D eigenvalue weighted by atomic mass is 9.98. The summed E-state index contributed by atoms with van der Waals surface area (Å²) in [6.45, 7) is 3.20. The standard InChI is InChI=1S/C28H27F3O11/c1-14(32)37-13-22-24(38-15(2)33)25(39-16(3)34)26(40-17(4)35)27(41-22)42-23(28(29,30)31)12-21(36)20-10-9-18-7-5-6-8-19(18)11-20/h5-12,22,24-27H,13H2,1-4H3/b23-12-/t22-,24+,25+,26-,27?/m1/s1. The molecule has 1 saturated heterocycles. The quantitative estimate of drug-likeness (QED) is 0.138. The summed E-state index contributed by atoms with van der Waals surface area (Å²) in [7, 11) is 0. The molecule has 0 aliphatic carbocycles. The zero-order chi connectivity index (χ0) is 31.2. The molecular weight excluding hydrogens is 569 g/mol. The van der Waals surface area contributed by atoms with E-state index in [1.54, 1.807) is 30.3 Å². The van der Waals surface area contributed by atoms with Crippen LogP contribution in [0.1, 0.15) is 38.1 Å². The first kappa shape index (κ1) is 32.1. The highest BCUT2D eigenvalue weighted by Gasteiger charge is 2.54. The second kappa shape index (κ2) is 13.5. The highest BCUT2D eigenvalue weighted by atomic mass is 19.4. The Morgan fingerprint density at radius 1 is 0.762 bits per heavy atom. The fraction of sp³-hybridized carbons (Fsp3) is 0.393. The maximum atomic E-state index is 14.2. The average Bonchev–Trinajstić information content (AvgIpc) is 2.88. The van der Waals surface area contributed by atoms with Gasteiger partial charge >= 0.3 is 30.1 Å². The van der Waals surface area contributed by atoms with Crippen molar-refractivity contribution in [1.29, 1.82) is 0 Å². The van der Waals surface area contributed by atoms with Crippen LogP contribution in [0.3, 0.4) is 0 Å². The number of carbonyl (C=O) groups is 5. The van der Waals surface area contributed by atoms with Crippen LogP contribution in [0, 0.1) is 0 Å². The first-order valence-corrected chi connectivity index (χ1v) is 12.4. The molecule has 5 atom stereocenters. The number of ether oxygens (including phenoxy) is 6. The van der Waals surface area contributed by atoms with Crippen LogP contribution in [0.4, 0.5) is 13.2 Å². The fourth-order valence-corrected chi connectivity index (χ4v) is 4.14. The number of hydrogen-bond donors (Lipinski definition) is 0. The lowest BCUT2D eigenvalue weighted by Crippen LogP contribution is -2.63. The van der Waals surface area contributed by atoms with Gasteiger partial charge in [0, 0.05) is 39.3 Å². The van der Waals surface area contributed by atoms with Crippen LogP contribution in [0.15, 0.2) is 54.3 Å². The third kappa shape index (κ3) is 8.52. The SMILES string of the molecule is CC(=O)OC[C@H]1OC(O/C(=C\C(=O)c2ccc3ccccc3c2)C(F)(F)F)[C@H](OC(C)=O)[C@@H](OC(C)=O)[C@H]1OC(C)=O. The third-order valence-corrected chi connectivity index (χ3v) is 5.77. The van der Waals surface area contributed by atoms with Crippen LogP contribution in [-0.4, -0.2) is 73.1 Å². The second-order valence-electron chi connectivity index (χ2n) is 9.12. The zero-order valence-electron chi connectivity index (χ0n) is 22.8. The van der Waals surface area contributed by atoms with Crippen LogP contribution in [0.2, 0.25) is 0 Å². The van der Waals surface area contributed by atoms with Crippen LogP contribution in [0.5, 0.6) is 0 Å². The van der Waals surface area contributed by atoms with E-state index in [9.17, 15) is 37.1 Å². The highest BCUT2D eigenvalue weighted by molar-refractivity contribution is 6.07. The fourth-order valence-electron chi connectivity index (χ4n) is 4.14. The van der Waals surface area contributed by atoms with Crippen molar-refractivity contribution in [2.24, 2.45) is 0 Å². The number of rotatable bonds is 9. The van der Waals surface area contributed by atoms with E-state index in [-0.39, 0.29) is 11.6 Å². The van der Waals surface area contributed by atoms with Gasteiger partial charge in [-0.05, 0) is 16.8 Å². The summed E-state index contributed by atoms with van der Waals surface area (Å²) in [5.74, 6) is -6.68. The van der Waals surface area contributed by atoms with E-state index in [1.165, 1.54) is 12.1 Å². The van der Waals surface area contributed by atoms with Crippen LogP contribution in [-0.2, 0) is 47.6 Å². The molecule has 0 saturated carbocycles. The van der Waals surface area contributed by atoms with Gasteiger partial charge in [0.2, 0.25) is 18.2 Å². The molecule has 0 N–H and O–H groups in total. The number of hydrogen-bond acceptors (Lipinski definition) is 11. The molecule has 0 bridgehead atoms. The number of fused-ring (bicyclic) bond motifs is 1. The molecular formula is C28H27F3O11. The van der Waals surface area contributed by atoms with Gasteiger partial charge in [-0.3, -0.25) is 24.0 Å². The Bertz CT molecular complexity index is 1380. The Labute approximate surface area is 237 Å². The summed E-state index contributed by atoms with van der Waals surface area (Å²) in [6, 6.07) is 11.2. The minimum atomic E-state index is -5.26. The molecule has 1 aliphatic heterocycles.